The Morgan fingerprint density at radius 3 is 2.58 bits per heavy atom. The van der Waals surface area contributed by atoms with Gasteiger partial charge in [0.2, 0.25) is 0 Å². The summed E-state index contributed by atoms with van der Waals surface area (Å²) >= 11 is 0. The highest BCUT2D eigenvalue weighted by Crippen LogP contribution is 2.30. The number of carbonyl (C=O) groups excluding carboxylic acids is 1. The van der Waals surface area contributed by atoms with E-state index >= 15 is 0 Å². The monoisotopic (exact) mass is 252 g/mol. The second kappa shape index (κ2) is 5.48. The van der Waals surface area contributed by atoms with Crippen molar-refractivity contribution in [2.45, 2.75) is 0 Å². The molecule has 2 aliphatic heterocycles. The van der Waals surface area contributed by atoms with Crippen molar-refractivity contribution in [3.8, 4) is 0 Å². The highest BCUT2D eigenvalue weighted by molar-refractivity contribution is 6.21. The van der Waals surface area contributed by atoms with Gasteiger partial charge in [-0.2, -0.15) is 0 Å². The summed E-state index contributed by atoms with van der Waals surface area (Å²) in [6.07, 6.45) is 5.84. The van der Waals surface area contributed by atoms with Crippen LogP contribution in [0.15, 0.2) is 72.5 Å². The molecule has 0 saturated carbocycles. The van der Waals surface area contributed by atoms with Gasteiger partial charge in [-0.15, -0.1) is 13.2 Å². The van der Waals surface area contributed by atoms with E-state index in [9.17, 15) is 4.79 Å². The molecule has 0 aromatic heterocycles. The van der Waals surface area contributed by atoms with Gasteiger partial charge in [0.05, 0.1) is 11.6 Å². The Hall–Kier alpha value is -2.42. The minimum absolute atomic E-state index is 0.0149. The zero-order valence-corrected chi connectivity index (χ0v) is 10.9. The molecule has 96 valence electrons. The van der Waals surface area contributed by atoms with E-state index in [1.54, 1.807) is 0 Å². The molecule has 3 rings (SSSR count). The minimum Gasteiger partial charge on any atom is -0.357 e. The van der Waals surface area contributed by atoms with Crippen LogP contribution >= 0.6 is 0 Å². The van der Waals surface area contributed by atoms with Gasteiger partial charge >= 0.3 is 0 Å². The summed E-state index contributed by atoms with van der Waals surface area (Å²) in [6, 6.07) is 9.86. The van der Waals surface area contributed by atoms with Gasteiger partial charge in [0, 0.05) is 25.0 Å². The zero-order chi connectivity index (χ0) is 13.8. The Morgan fingerprint density at radius 2 is 1.89 bits per heavy atom. The van der Waals surface area contributed by atoms with E-state index in [4.69, 9.17) is 0 Å². The third kappa shape index (κ3) is 2.40. The van der Waals surface area contributed by atoms with E-state index in [0.717, 1.165) is 16.8 Å². The van der Waals surface area contributed by atoms with Crippen LogP contribution in [0.1, 0.15) is 5.56 Å². The maximum absolute atomic E-state index is 11.8. The molecule has 3 nitrogen and oxygen atoms in total. The molecule has 1 atom stereocenters. The topological polar surface area (TPSA) is 32.7 Å². The van der Waals surface area contributed by atoms with E-state index < -0.39 is 0 Å². The molecule has 0 N–H and O–H groups in total. The number of carbonyl (C=O) groups is 1. The van der Waals surface area contributed by atoms with E-state index in [0.29, 0.717) is 0 Å². The summed E-state index contributed by atoms with van der Waals surface area (Å²) in [6.45, 7) is 6.00. The van der Waals surface area contributed by atoms with Gasteiger partial charge in [0.1, 0.15) is 0 Å². The van der Waals surface area contributed by atoms with Gasteiger partial charge in [-0.1, -0.05) is 36.4 Å². The molecule has 0 aliphatic carbocycles. The molecule has 1 amide bonds. The molecule has 0 saturated heterocycles. The van der Waals surface area contributed by atoms with Crippen molar-refractivity contribution in [2.24, 2.45) is 10.9 Å². The van der Waals surface area contributed by atoms with Crippen LogP contribution in [-0.2, 0) is 4.79 Å². The fraction of sp³-hybridized carbons (Fsp3) is 0.125. The van der Waals surface area contributed by atoms with Crippen molar-refractivity contribution in [1.29, 1.82) is 0 Å². The number of aliphatic imine (C=N–C) groups is 1. The summed E-state index contributed by atoms with van der Waals surface area (Å²) in [5, 5.41) is 0. The Kier molecular flexibility index (Phi) is 3.76. The normalized spacial score (nSPS) is 20.2. The Balaban J connectivity index is 0.000000637. The van der Waals surface area contributed by atoms with E-state index in [-0.39, 0.29) is 11.8 Å². The van der Waals surface area contributed by atoms with Crippen molar-refractivity contribution in [3.05, 3.63) is 73.1 Å². The van der Waals surface area contributed by atoms with Crippen molar-refractivity contribution in [1.82, 2.24) is 4.90 Å². The Bertz CT molecular complexity index is 570. The number of amides is 1. The van der Waals surface area contributed by atoms with E-state index in [1.807, 2.05) is 60.8 Å². The molecule has 1 aromatic rings. The van der Waals surface area contributed by atoms with Crippen LogP contribution in [0.2, 0.25) is 0 Å². The van der Waals surface area contributed by atoms with Gasteiger partial charge in [0.15, 0.2) is 0 Å². The van der Waals surface area contributed by atoms with Gasteiger partial charge < -0.3 is 4.90 Å². The van der Waals surface area contributed by atoms with E-state index in [1.165, 1.54) is 0 Å². The van der Waals surface area contributed by atoms with E-state index in [2.05, 4.69) is 18.2 Å². The average molecular weight is 252 g/mol. The third-order valence-electron chi connectivity index (χ3n) is 3.02. The molecule has 2 aliphatic rings. The maximum Gasteiger partial charge on any atom is 0.275 e. The second-order valence-corrected chi connectivity index (χ2v) is 4.24. The highest BCUT2D eigenvalue weighted by Gasteiger charge is 2.33. The molecule has 1 aromatic carbocycles. The molecule has 19 heavy (non-hydrogen) atoms. The first-order chi connectivity index (χ1) is 9.25. The first-order valence-electron chi connectivity index (χ1n) is 6.06. The molecule has 0 fully saturated rings. The first kappa shape index (κ1) is 13.0. The summed E-state index contributed by atoms with van der Waals surface area (Å²) in [7, 11) is 1.91. The molecular weight excluding hydrogens is 236 g/mol. The number of fused-ring (bicyclic) bond motifs is 1. The molecule has 0 spiro atoms. The quantitative estimate of drug-likeness (QED) is 0.720. The largest absolute Gasteiger partial charge is 0.357 e. The Morgan fingerprint density at radius 1 is 1.21 bits per heavy atom. The highest BCUT2D eigenvalue weighted by atomic mass is 16.1. The lowest BCUT2D eigenvalue weighted by atomic mass is 9.91. The second-order valence-electron chi connectivity index (χ2n) is 4.24. The summed E-state index contributed by atoms with van der Waals surface area (Å²) in [5.74, 6) is -0.105. The number of nitrogens with zero attached hydrogens (tertiary/aromatic N) is 2. The number of hydrogen-bond acceptors (Lipinski definition) is 2. The summed E-state index contributed by atoms with van der Waals surface area (Å²) in [4.78, 5) is 17.9. The van der Waals surface area contributed by atoms with Crippen molar-refractivity contribution >= 4 is 11.6 Å². The smallest absolute Gasteiger partial charge is 0.275 e. The van der Waals surface area contributed by atoms with Crippen LogP contribution in [0.5, 0.6) is 0 Å². The molecule has 1 unspecified atom stereocenters. The number of benzene rings is 1. The van der Waals surface area contributed by atoms with Crippen LogP contribution in [0.3, 0.4) is 0 Å². The van der Waals surface area contributed by atoms with Crippen LogP contribution in [0.4, 0.5) is 0 Å². The molecule has 0 radical (unpaired) electrons. The lowest BCUT2D eigenvalue weighted by Crippen LogP contribution is -2.18. The third-order valence-corrected chi connectivity index (χ3v) is 3.02. The number of allylic oxidation sites excluding steroid dienone is 1. The first-order valence-corrected chi connectivity index (χ1v) is 6.06. The van der Waals surface area contributed by atoms with Crippen molar-refractivity contribution < 1.29 is 4.79 Å². The summed E-state index contributed by atoms with van der Waals surface area (Å²) in [5.41, 5.74) is 2.63. The van der Waals surface area contributed by atoms with Crippen LogP contribution in [0.25, 0.3) is 0 Å². The Labute approximate surface area is 113 Å². The van der Waals surface area contributed by atoms with Crippen LogP contribution < -0.4 is 0 Å². The molecule has 2 heterocycles. The predicted molar refractivity (Wildman–Crippen MR) is 77.7 cm³/mol. The predicted octanol–water partition coefficient (Wildman–Crippen LogP) is 2.78. The molecule has 3 heteroatoms. The maximum atomic E-state index is 11.8. The van der Waals surface area contributed by atoms with Crippen molar-refractivity contribution in [2.75, 3.05) is 7.05 Å². The molecular formula is C16H16N2O. The van der Waals surface area contributed by atoms with Gasteiger partial charge in [-0.05, 0) is 5.56 Å². The van der Waals surface area contributed by atoms with Crippen molar-refractivity contribution in [3.63, 3.8) is 0 Å². The average Bonchev–Trinajstić information content (AvgIpc) is 2.79. The fourth-order valence-electron chi connectivity index (χ4n) is 2.19. The number of rotatable bonds is 1. The van der Waals surface area contributed by atoms with Crippen LogP contribution in [-0.4, -0.2) is 23.6 Å². The lowest BCUT2D eigenvalue weighted by Gasteiger charge is -2.19. The van der Waals surface area contributed by atoms with Gasteiger partial charge in [-0.3, -0.25) is 4.79 Å². The van der Waals surface area contributed by atoms with Crippen LogP contribution in [0, 0.1) is 5.92 Å². The minimum atomic E-state index is -0.120. The standard InChI is InChI=1S/C14H12N2O.C2H4/c1-16-8-7-11-12(9-16)14(17)15-13(11)10-5-3-2-4-6-10;1-2/h2-9,11H,1H3;1-2H2. The fourth-order valence-corrected chi connectivity index (χ4v) is 2.19. The molecule has 0 bridgehead atoms. The zero-order valence-electron chi connectivity index (χ0n) is 10.9. The van der Waals surface area contributed by atoms with Gasteiger partial charge in [-0.25, -0.2) is 4.99 Å². The SMILES string of the molecule is C=C.CN1C=CC2C(=C1)C(=O)N=C2c1ccccc1. The number of hydrogen-bond donors (Lipinski definition) is 0. The lowest BCUT2D eigenvalue weighted by molar-refractivity contribution is -0.114. The van der Waals surface area contributed by atoms with Gasteiger partial charge in [0.25, 0.3) is 5.91 Å². The summed E-state index contributed by atoms with van der Waals surface area (Å²) < 4.78 is 0.